The van der Waals surface area contributed by atoms with Crippen LogP contribution in [-0.4, -0.2) is 36.1 Å². The molecule has 2 N–H and O–H groups in total. The van der Waals surface area contributed by atoms with E-state index in [1.807, 2.05) is 54.6 Å². The Hall–Kier alpha value is -4.03. The highest BCUT2D eigenvalue weighted by Gasteiger charge is 2.20. The van der Waals surface area contributed by atoms with Crippen LogP contribution in [0.2, 0.25) is 0 Å². The highest BCUT2D eigenvalue weighted by molar-refractivity contribution is 6.15. The Morgan fingerprint density at radius 1 is 0.882 bits per heavy atom. The summed E-state index contributed by atoms with van der Waals surface area (Å²) in [5.41, 5.74) is 3.74. The number of hydrogen-bond acceptors (Lipinski definition) is 4. The average molecular weight is 452 g/mol. The summed E-state index contributed by atoms with van der Waals surface area (Å²) in [6.45, 7) is 1.19. The Balaban J connectivity index is 1.44. The minimum Gasteiger partial charge on any atom is -0.376 e. The van der Waals surface area contributed by atoms with Gasteiger partial charge in [-0.15, -0.1) is 0 Å². The third-order valence-electron chi connectivity index (χ3n) is 5.96. The number of benzene rings is 3. The molecule has 1 fully saturated rings. The largest absolute Gasteiger partial charge is 0.376 e. The van der Waals surface area contributed by atoms with Crippen LogP contribution in [0.1, 0.15) is 33.6 Å². The average Bonchev–Trinajstić information content (AvgIpc) is 3.41. The number of pyridine rings is 1. The summed E-state index contributed by atoms with van der Waals surface area (Å²) >= 11 is 0. The van der Waals surface area contributed by atoms with Crippen molar-refractivity contribution in [2.75, 3.05) is 18.5 Å². The Bertz CT molecular complexity index is 1330. The van der Waals surface area contributed by atoms with E-state index in [0.29, 0.717) is 29.1 Å². The summed E-state index contributed by atoms with van der Waals surface area (Å²) in [6, 6.07) is 26.1. The first-order valence-electron chi connectivity index (χ1n) is 11.4. The molecule has 0 spiro atoms. The van der Waals surface area contributed by atoms with Gasteiger partial charge in [-0.1, -0.05) is 60.7 Å². The molecule has 2 amide bonds. The van der Waals surface area contributed by atoms with Gasteiger partial charge in [-0.25, -0.2) is 4.98 Å². The summed E-state index contributed by atoms with van der Waals surface area (Å²) in [7, 11) is 0. The lowest BCUT2D eigenvalue weighted by Gasteiger charge is -2.15. The molecule has 1 atom stereocenters. The van der Waals surface area contributed by atoms with Crippen molar-refractivity contribution in [1.82, 2.24) is 10.3 Å². The van der Waals surface area contributed by atoms with Crippen LogP contribution >= 0.6 is 0 Å². The van der Waals surface area contributed by atoms with Gasteiger partial charge in [-0.2, -0.15) is 0 Å². The lowest BCUT2D eigenvalue weighted by Crippen LogP contribution is -2.32. The first kappa shape index (κ1) is 21.8. The predicted molar refractivity (Wildman–Crippen MR) is 133 cm³/mol. The molecule has 5 rings (SSSR count). The van der Waals surface area contributed by atoms with E-state index in [2.05, 4.69) is 10.6 Å². The molecule has 6 heteroatoms. The molecule has 0 aliphatic carbocycles. The minimum atomic E-state index is -0.296. The summed E-state index contributed by atoms with van der Waals surface area (Å²) < 4.78 is 5.59. The van der Waals surface area contributed by atoms with E-state index in [0.717, 1.165) is 35.9 Å². The lowest BCUT2D eigenvalue weighted by molar-refractivity contribution is 0.0858. The van der Waals surface area contributed by atoms with E-state index < -0.39 is 0 Å². The first-order chi connectivity index (χ1) is 16.7. The van der Waals surface area contributed by atoms with Crippen LogP contribution in [0.5, 0.6) is 0 Å². The third-order valence-corrected chi connectivity index (χ3v) is 5.96. The number of carbonyl (C=O) groups is 2. The second kappa shape index (κ2) is 9.85. The molecule has 1 aliphatic heterocycles. The van der Waals surface area contributed by atoms with Crippen LogP contribution in [0.25, 0.3) is 22.2 Å². The molecule has 0 saturated carbocycles. The standard InChI is InChI=1S/C28H25N3O3/c32-27(29-18-20-11-8-16-34-20)22-13-5-7-15-25(22)31-28(33)23-17-26(19-9-2-1-3-10-19)30-24-14-6-4-12-21(23)24/h1-7,9-10,12-15,17,20H,8,11,16,18H2,(H,29,32)(H,31,33). The molecule has 34 heavy (non-hydrogen) atoms. The Morgan fingerprint density at radius 3 is 2.47 bits per heavy atom. The van der Waals surface area contributed by atoms with Crippen LogP contribution in [0, 0.1) is 0 Å². The molecule has 3 aromatic carbocycles. The predicted octanol–water partition coefficient (Wildman–Crippen LogP) is 5.06. The molecule has 4 aromatic rings. The number of hydrogen-bond donors (Lipinski definition) is 2. The van der Waals surface area contributed by atoms with Crippen molar-refractivity contribution < 1.29 is 14.3 Å². The number of amides is 2. The number of ether oxygens (including phenoxy) is 1. The maximum absolute atomic E-state index is 13.5. The quantitative estimate of drug-likeness (QED) is 0.429. The fourth-order valence-corrected chi connectivity index (χ4v) is 4.21. The van der Waals surface area contributed by atoms with E-state index in [1.165, 1.54) is 0 Å². The number of rotatable bonds is 6. The van der Waals surface area contributed by atoms with E-state index in [4.69, 9.17) is 9.72 Å². The SMILES string of the molecule is O=C(NCC1CCCO1)c1ccccc1NC(=O)c1cc(-c2ccccc2)nc2ccccc12. The number of aromatic nitrogens is 1. The Morgan fingerprint density at radius 2 is 1.65 bits per heavy atom. The van der Waals surface area contributed by atoms with Crippen molar-refractivity contribution in [3.63, 3.8) is 0 Å². The number of nitrogens with one attached hydrogen (secondary N) is 2. The third kappa shape index (κ3) is 4.67. The van der Waals surface area contributed by atoms with Gasteiger partial charge in [0.15, 0.2) is 0 Å². The van der Waals surface area contributed by atoms with Crippen LogP contribution in [-0.2, 0) is 4.74 Å². The second-order valence-electron chi connectivity index (χ2n) is 8.28. The second-order valence-corrected chi connectivity index (χ2v) is 8.28. The highest BCUT2D eigenvalue weighted by Crippen LogP contribution is 2.26. The molecular formula is C28H25N3O3. The van der Waals surface area contributed by atoms with Gasteiger partial charge in [-0.05, 0) is 37.1 Å². The Kier molecular flexibility index (Phi) is 6.31. The monoisotopic (exact) mass is 451 g/mol. The maximum Gasteiger partial charge on any atom is 0.256 e. The molecule has 1 saturated heterocycles. The van der Waals surface area contributed by atoms with E-state index in [-0.39, 0.29) is 17.9 Å². The fourth-order valence-electron chi connectivity index (χ4n) is 4.21. The molecular weight excluding hydrogens is 426 g/mol. The topological polar surface area (TPSA) is 80.3 Å². The van der Waals surface area contributed by atoms with E-state index in [1.54, 1.807) is 30.3 Å². The van der Waals surface area contributed by atoms with Crippen molar-refractivity contribution in [3.05, 3.63) is 96.1 Å². The summed E-state index contributed by atoms with van der Waals surface area (Å²) in [5.74, 6) is -0.536. The number of nitrogens with zero attached hydrogens (tertiary/aromatic N) is 1. The van der Waals surface area contributed by atoms with E-state index >= 15 is 0 Å². The normalized spacial score (nSPS) is 15.2. The first-order valence-corrected chi connectivity index (χ1v) is 11.4. The van der Waals surface area contributed by atoms with Crippen molar-refractivity contribution in [2.45, 2.75) is 18.9 Å². The maximum atomic E-state index is 13.5. The van der Waals surface area contributed by atoms with Gasteiger partial charge in [0.1, 0.15) is 0 Å². The fraction of sp³-hybridized carbons (Fsp3) is 0.179. The smallest absolute Gasteiger partial charge is 0.256 e. The molecule has 1 aromatic heterocycles. The molecule has 1 unspecified atom stereocenters. The molecule has 170 valence electrons. The van der Waals surface area contributed by atoms with Crippen LogP contribution in [0.3, 0.4) is 0 Å². The number of fused-ring (bicyclic) bond motifs is 1. The molecule has 2 heterocycles. The van der Waals surface area contributed by atoms with Gasteiger partial charge in [0.2, 0.25) is 0 Å². The Labute approximate surface area is 198 Å². The van der Waals surface area contributed by atoms with Crippen molar-refractivity contribution >= 4 is 28.4 Å². The van der Waals surface area contributed by atoms with Crippen LogP contribution in [0.15, 0.2) is 84.9 Å². The molecule has 0 radical (unpaired) electrons. The van der Waals surface area contributed by atoms with E-state index in [9.17, 15) is 9.59 Å². The van der Waals surface area contributed by atoms with Gasteiger partial charge in [-0.3, -0.25) is 9.59 Å². The van der Waals surface area contributed by atoms with Gasteiger partial charge >= 0.3 is 0 Å². The lowest BCUT2D eigenvalue weighted by atomic mass is 10.0. The summed E-state index contributed by atoms with van der Waals surface area (Å²) in [6.07, 6.45) is 2.00. The van der Waals surface area contributed by atoms with Gasteiger partial charge in [0, 0.05) is 24.1 Å². The number of carbonyl (C=O) groups excluding carboxylic acids is 2. The zero-order valence-electron chi connectivity index (χ0n) is 18.7. The van der Waals surface area contributed by atoms with Gasteiger partial charge in [0.05, 0.1) is 34.1 Å². The number of para-hydroxylation sites is 2. The highest BCUT2D eigenvalue weighted by atomic mass is 16.5. The molecule has 6 nitrogen and oxygen atoms in total. The molecule has 1 aliphatic rings. The van der Waals surface area contributed by atoms with Crippen molar-refractivity contribution in [1.29, 1.82) is 0 Å². The zero-order chi connectivity index (χ0) is 23.3. The van der Waals surface area contributed by atoms with Gasteiger partial charge < -0.3 is 15.4 Å². The molecule has 0 bridgehead atoms. The number of anilines is 1. The van der Waals surface area contributed by atoms with Crippen LogP contribution in [0.4, 0.5) is 5.69 Å². The summed E-state index contributed by atoms with van der Waals surface area (Å²) in [5, 5.41) is 6.63. The minimum absolute atomic E-state index is 0.0466. The summed E-state index contributed by atoms with van der Waals surface area (Å²) in [4.78, 5) is 31.1. The van der Waals surface area contributed by atoms with Gasteiger partial charge in [0.25, 0.3) is 11.8 Å². The zero-order valence-corrected chi connectivity index (χ0v) is 18.7. The van der Waals surface area contributed by atoms with Crippen molar-refractivity contribution in [3.8, 4) is 11.3 Å². The van der Waals surface area contributed by atoms with Crippen molar-refractivity contribution in [2.24, 2.45) is 0 Å². The van der Waals surface area contributed by atoms with Crippen LogP contribution < -0.4 is 10.6 Å².